The van der Waals surface area contributed by atoms with Crippen LogP contribution in [0, 0.1) is 6.92 Å². The number of hydrogen-bond donors (Lipinski definition) is 1. The van der Waals surface area contributed by atoms with Crippen LogP contribution in [0.1, 0.15) is 37.3 Å². The second-order valence-electron chi connectivity index (χ2n) is 5.34. The van der Waals surface area contributed by atoms with E-state index < -0.39 is 0 Å². The summed E-state index contributed by atoms with van der Waals surface area (Å²) in [5.41, 5.74) is 8.84. The molecule has 1 aliphatic heterocycles. The molecule has 2 nitrogen and oxygen atoms in total. The van der Waals surface area contributed by atoms with Crippen LogP contribution in [-0.4, -0.2) is 18.2 Å². The molecule has 0 aromatic heterocycles. The molecule has 3 unspecified atom stereocenters. The van der Waals surface area contributed by atoms with Crippen molar-refractivity contribution in [1.82, 2.24) is 0 Å². The molecule has 0 saturated carbocycles. The molecule has 0 amide bonds. The lowest BCUT2D eigenvalue weighted by molar-refractivity contribution is 0.0471. The van der Waals surface area contributed by atoms with Crippen molar-refractivity contribution in [2.45, 2.75) is 57.8 Å². The van der Waals surface area contributed by atoms with E-state index in [4.69, 9.17) is 10.5 Å². The topological polar surface area (TPSA) is 35.2 Å². The molecule has 2 heteroatoms. The van der Waals surface area contributed by atoms with Gasteiger partial charge in [-0.05, 0) is 45.1 Å². The summed E-state index contributed by atoms with van der Waals surface area (Å²) < 4.78 is 5.81. The number of aryl methyl sites for hydroxylation is 1. The van der Waals surface area contributed by atoms with Crippen LogP contribution in [0.3, 0.4) is 0 Å². The third-order valence-electron chi connectivity index (χ3n) is 3.47. The third-order valence-corrected chi connectivity index (χ3v) is 3.47. The van der Waals surface area contributed by atoms with Crippen LogP contribution in [0.5, 0.6) is 0 Å². The van der Waals surface area contributed by atoms with E-state index in [1.165, 1.54) is 24.0 Å². The molecule has 1 heterocycles. The number of rotatable bonds is 4. The molecule has 0 bridgehead atoms. The maximum atomic E-state index is 6.20. The Morgan fingerprint density at radius 3 is 2.88 bits per heavy atom. The fraction of sp³-hybridized carbons (Fsp3) is 0.600. The smallest absolute Gasteiger partial charge is 0.0594 e. The van der Waals surface area contributed by atoms with Crippen molar-refractivity contribution in [3.05, 3.63) is 35.4 Å². The summed E-state index contributed by atoms with van der Waals surface area (Å²) in [5, 5.41) is 0. The number of ether oxygens (including phenoxy) is 1. The molecule has 94 valence electrons. The van der Waals surface area contributed by atoms with Crippen molar-refractivity contribution in [3.8, 4) is 0 Å². The van der Waals surface area contributed by atoms with Gasteiger partial charge in [0, 0.05) is 6.04 Å². The van der Waals surface area contributed by atoms with Gasteiger partial charge in [-0.3, -0.25) is 0 Å². The second-order valence-corrected chi connectivity index (χ2v) is 5.34. The molecule has 2 rings (SSSR count). The van der Waals surface area contributed by atoms with Gasteiger partial charge in [-0.25, -0.2) is 0 Å². The first-order chi connectivity index (χ1) is 8.13. The quantitative estimate of drug-likeness (QED) is 0.868. The zero-order chi connectivity index (χ0) is 12.3. The molecule has 17 heavy (non-hydrogen) atoms. The van der Waals surface area contributed by atoms with Crippen LogP contribution in [0.25, 0.3) is 0 Å². The summed E-state index contributed by atoms with van der Waals surface area (Å²) in [4.78, 5) is 0. The Bertz CT molecular complexity index is 364. The van der Waals surface area contributed by atoms with Gasteiger partial charge in [-0.15, -0.1) is 0 Å². The van der Waals surface area contributed by atoms with Gasteiger partial charge in [0.05, 0.1) is 12.2 Å². The van der Waals surface area contributed by atoms with E-state index >= 15 is 0 Å². The zero-order valence-electron chi connectivity index (χ0n) is 10.9. The van der Waals surface area contributed by atoms with E-state index in [0.29, 0.717) is 12.2 Å². The molecule has 1 fully saturated rings. The van der Waals surface area contributed by atoms with Crippen molar-refractivity contribution in [1.29, 1.82) is 0 Å². The Balaban J connectivity index is 1.83. The minimum Gasteiger partial charge on any atom is -0.375 e. The SMILES string of the molecule is Cc1cccc(CC(N)CC2CCC(C)O2)c1. The second kappa shape index (κ2) is 5.65. The molecular formula is C15H23NO. The molecule has 0 spiro atoms. The summed E-state index contributed by atoms with van der Waals surface area (Å²) in [6, 6.07) is 8.82. The van der Waals surface area contributed by atoms with Crippen LogP contribution < -0.4 is 5.73 Å². The summed E-state index contributed by atoms with van der Waals surface area (Å²) in [7, 11) is 0. The predicted octanol–water partition coefficient (Wildman–Crippen LogP) is 2.82. The van der Waals surface area contributed by atoms with Gasteiger partial charge < -0.3 is 10.5 Å². The third kappa shape index (κ3) is 3.83. The Kier molecular flexibility index (Phi) is 4.19. The molecular weight excluding hydrogens is 210 g/mol. The van der Waals surface area contributed by atoms with E-state index in [1.807, 2.05) is 0 Å². The number of hydrogen-bond acceptors (Lipinski definition) is 2. The van der Waals surface area contributed by atoms with E-state index in [-0.39, 0.29) is 6.04 Å². The maximum absolute atomic E-state index is 6.20. The monoisotopic (exact) mass is 233 g/mol. The Morgan fingerprint density at radius 2 is 2.24 bits per heavy atom. The first-order valence-corrected chi connectivity index (χ1v) is 6.60. The lowest BCUT2D eigenvalue weighted by Crippen LogP contribution is -2.28. The summed E-state index contributed by atoms with van der Waals surface area (Å²) in [6.45, 7) is 4.27. The lowest BCUT2D eigenvalue weighted by Gasteiger charge is -2.17. The normalized spacial score (nSPS) is 26.1. The summed E-state index contributed by atoms with van der Waals surface area (Å²) >= 11 is 0. The van der Waals surface area contributed by atoms with Crippen LogP contribution >= 0.6 is 0 Å². The van der Waals surface area contributed by atoms with Gasteiger partial charge in [0.25, 0.3) is 0 Å². The highest BCUT2D eigenvalue weighted by Crippen LogP contribution is 2.23. The van der Waals surface area contributed by atoms with E-state index in [9.17, 15) is 0 Å². The van der Waals surface area contributed by atoms with Crippen LogP contribution in [0.4, 0.5) is 0 Å². The largest absolute Gasteiger partial charge is 0.375 e. The summed E-state index contributed by atoms with van der Waals surface area (Å²) in [5.74, 6) is 0. The van der Waals surface area contributed by atoms with Gasteiger partial charge in [0.2, 0.25) is 0 Å². The van der Waals surface area contributed by atoms with Crippen molar-refractivity contribution >= 4 is 0 Å². The predicted molar refractivity (Wildman–Crippen MR) is 71.0 cm³/mol. The molecule has 2 N–H and O–H groups in total. The average molecular weight is 233 g/mol. The first-order valence-electron chi connectivity index (χ1n) is 6.60. The molecule has 1 aromatic rings. The number of nitrogens with two attached hydrogens (primary N) is 1. The van der Waals surface area contributed by atoms with Gasteiger partial charge in [-0.2, -0.15) is 0 Å². The van der Waals surface area contributed by atoms with Crippen LogP contribution in [-0.2, 0) is 11.2 Å². The van der Waals surface area contributed by atoms with Crippen LogP contribution in [0.2, 0.25) is 0 Å². The number of benzene rings is 1. The molecule has 0 aliphatic carbocycles. The molecule has 3 atom stereocenters. The van der Waals surface area contributed by atoms with Crippen molar-refractivity contribution in [3.63, 3.8) is 0 Å². The Labute approximate surface area is 104 Å². The Morgan fingerprint density at radius 1 is 1.41 bits per heavy atom. The highest BCUT2D eigenvalue weighted by Gasteiger charge is 2.23. The average Bonchev–Trinajstić information content (AvgIpc) is 2.63. The van der Waals surface area contributed by atoms with E-state index in [1.54, 1.807) is 0 Å². The van der Waals surface area contributed by atoms with Gasteiger partial charge in [0.1, 0.15) is 0 Å². The highest BCUT2D eigenvalue weighted by atomic mass is 16.5. The van der Waals surface area contributed by atoms with Crippen LogP contribution in [0.15, 0.2) is 24.3 Å². The minimum absolute atomic E-state index is 0.215. The van der Waals surface area contributed by atoms with Gasteiger partial charge in [-0.1, -0.05) is 29.8 Å². The standard InChI is InChI=1S/C15H23NO/c1-11-4-3-5-13(8-11)9-14(16)10-15-7-6-12(2)17-15/h3-5,8,12,14-15H,6-7,9-10,16H2,1-2H3. The van der Waals surface area contributed by atoms with Crippen molar-refractivity contribution in [2.24, 2.45) is 5.73 Å². The molecule has 1 saturated heterocycles. The van der Waals surface area contributed by atoms with E-state index in [0.717, 1.165) is 12.8 Å². The molecule has 0 radical (unpaired) electrons. The zero-order valence-corrected chi connectivity index (χ0v) is 10.9. The van der Waals surface area contributed by atoms with Gasteiger partial charge in [0.15, 0.2) is 0 Å². The minimum atomic E-state index is 0.215. The Hall–Kier alpha value is -0.860. The molecule has 1 aromatic carbocycles. The molecule has 1 aliphatic rings. The first kappa shape index (κ1) is 12.6. The van der Waals surface area contributed by atoms with Crippen molar-refractivity contribution < 1.29 is 4.74 Å². The fourth-order valence-electron chi connectivity index (χ4n) is 2.62. The van der Waals surface area contributed by atoms with E-state index in [2.05, 4.69) is 38.1 Å². The summed E-state index contributed by atoms with van der Waals surface area (Å²) in [6.07, 6.45) is 5.09. The fourth-order valence-corrected chi connectivity index (χ4v) is 2.62. The maximum Gasteiger partial charge on any atom is 0.0594 e. The van der Waals surface area contributed by atoms with Crippen molar-refractivity contribution in [2.75, 3.05) is 0 Å². The lowest BCUT2D eigenvalue weighted by atomic mass is 9.99. The highest BCUT2D eigenvalue weighted by molar-refractivity contribution is 5.22. The van der Waals surface area contributed by atoms with Gasteiger partial charge >= 0.3 is 0 Å².